The zero-order valence-corrected chi connectivity index (χ0v) is 7.14. The molecule has 62 valence electrons. The Balaban J connectivity index is 0.000000461. The molecule has 1 N–H and O–H groups in total. The Bertz CT molecular complexity index is 230. The van der Waals surface area contributed by atoms with Crippen molar-refractivity contribution in [3.05, 3.63) is 29.3 Å². The van der Waals surface area contributed by atoms with E-state index in [4.69, 9.17) is 16.8 Å². The van der Waals surface area contributed by atoms with Gasteiger partial charge in [-0.15, -0.1) is 0 Å². The van der Waals surface area contributed by atoms with E-state index in [1.807, 2.05) is 13.8 Å². The summed E-state index contributed by atoms with van der Waals surface area (Å²) in [5, 5.41) is 8.62. The first-order valence-electron chi connectivity index (χ1n) is 3.26. The Kier molecular flexibility index (Phi) is 4.54. The summed E-state index contributed by atoms with van der Waals surface area (Å²) in [4.78, 5) is 0. The Morgan fingerprint density at radius 3 is 2.45 bits per heavy atom. The molecule has 0 aliphatic heterocycles. The van der Waals surface area contributed by atoms with Crippen LogP contribution in [0.5, 0.6) is 0 Å². The van der Waals surface area contributed by atoms with E-state index in [1.165, 1.54) is 0 Å². The molecule has 0 aromatic carbocycles. The van der Waals surface area contributed by atoms with Crippen molar-refractivity contribution in [3.8, 4) is 0 Å². The molecule has 0 atom stereocenters. The van der Waals surface area contributed by atoms with Gasteiger partial charge in [-0.2, -0.15) is 0 Å². The van der Waals surface area contributed by atoms with E-state index in [9.17, 15) is 4.39 Å². The molecule has 1 rings (SSSR count). The van der Waals surface area contributed by atoms with Crippen molar-refractivity contribution in [1.29, 1.82) is 0 Å². The third-order valence-corrected chi connectivity index (χ3v) is 1.13. The lowest BCUT2D eigenvalue weighted by Crippen LogP contribution is -2.30. The average molecular weight is 179 g/mol. The molecule has 0 radical (unpaired) electrons. The van der Waals surface area contributed by atoms with Crippen LogP contribution >= 0.6 is 11.6 Å². The van der Waals surface area contributed by atoms with Crippen LogP contribution in [0.4, 0.5) is 4.39 Å². The highest BCUT2D eigenvalue weighted by atomic mass is 35.5. The number of rotatable bonds is 0. The van der Waals surface area contributed by atoms with Crippen LogP contribution in [0.25, 0.3) is 0 Å². The number of nitrogens with zero attached hydrogens (tertiary/aromatic N) is 1. The smallest absolute Gasteiger partial charge is 0.284 e. The van der Waals surface area contributed by atoms with E-state index in [2.05, 4.69) is 0 Å². The van der Waals surface area contributed by atoms with E-state index in [0.717, 1.165) is 18.3 Å². The summed E-state index contributed by atoms with van der Waals surface area (Å²) < 4.78 is 12.8. The first-order chi connectivity index (χ1) is 5.20. The first kappa shape index (κ1) is 10.2. The minimum atomic E-state index is -0.467. The highest BCUT2D eigenvalue weighted by Crippen LogP contribution is 2.01. The SMILES string of the molecule is CC.O[n+]1ccc(F)cc1Cl. The number of halogens is 2. The van der Waals surface area contributed by atoms with Crippen molar-refractivity contribution in [3.63, 3.8) is 0 Å². The fourth-order valence-corrected chi connectivity index (χ4v) is 0.602. The number of aromatic nitrogens is 1. The monoisotopic (exact) mass is 178 g/mol. The summed E-state index contributed by atoms with van der Waals surface area (Å²) in [5.74, 6) is -0.467. The molecule has 0 fully saturated rings. The second-order valence-electron chi connectivity index (χ2n) is 1.51. The molecule has 0 amide bonds. The molecule has 11 heavy (non-hydrogen) atoms. The number of pyridine rings is 1. The predicted molar refractivity (Wildman–Crippen MR) is 40.1 cm³/mol. The van der Waals surface area contributed by atoms with Gasteiger partial charge in [0.1, 0.15) is 5.82 Å². The summed E-state index contributed by atoms with van der Waals surface area (Å²) >= 11 is 5.29. The van der Waals surface area contributed by atoms with Crippen molar-refractivity contribution in [2.45, 2.75) is 13.8 Å². The van der Waals surface area contributed by atoms with Gasteiger partial charge in [-0.05, 0) is 11.6 Å². The third-order valence-electron chi connectivity index (χ3n) is 0.851. The van der Waals surface area contributed by atoms with Crippen molar-refractivity contribution < 1.29 is 14.3 Å². The van der Waals surface area contributed by atoms with Gasteiger partial charge in [-0.3, -0.25) is 5.21 Å². The molecular weight excluding hydrogens is 169 g/mol. The normalized spacial score (nSPS) is 8.36. The van der Waals surface area contributed by atoms with E-state index < -0.39 is 5.82 Å². The quantitative estimate of drug-likeness (QED) is 0.367. The summed E-state index contributed by atoms with van der Waals surface area (Å²) in [6, 6.07) is 2.12. The maximum Gasteiger partial charge on any atom is 0.327 e. The summed E-state index contributed by atoms with van der Waals surface area (Å²) in [6.45, 7) is 4.00. The van der Waals surface area contributed by atoms with Crippen LogP contribution in [0.2, 0.25) is 5.15 Å². The average Bonchev–Trinajstić information content (AvgIpc) is 2.02. The van der Waals surface area contributed by atoms with Gasteiger partial charge in [0.25, 0.3) is 0 Å². The lowest BCUT2D eigenvalue weighted by Gasteiger charge is -1.84. The topological polar surface area (TPSA) is 24.1 Å². The molecular formula is C7H10ClFNO+. The van der Waals surface area contributed by atoms with Gasteiger partial charge in [-0.25, -0.2) is 4.39 Å². The second kappa shape index (κ2) is 4.91. The molecule has 1 aromatic heterocycles. The fraction of sp³-hybridized carbons (Fsp3) is 0.286. The summed E-state index contributed by atoms with van der Waals surface area (Å²) in [7, 11) is 0. The minimum Gasteiger partial charge on any atom is -0.284 e. The maximum atomic E-state index is 12.1. The second-order valence-corrected chi connectivity index (χ2v) is 1.90. The first-order valence-corrected chi connectivity index (χ1v) is 3.64. The maximum absolute atomic E-state index is 12.1. The minimum absolute atomic E-state index is 0.0463. The van der Waals surface area contributed by atoms with Crippen molar-refractivity contribution in [1.82, 2.24) is 0 Å². The van der Waals surface area contributed by atoms with E-state index in [-0.39, 0.29) is 5.15 Å². The lowest BCUT2D eigenvalue weighted by molar-refractivity contribution is -0.903. The molecule has 1 aromatic rings. The van der Waals surface area contributed by atoms with Crippen LogP contribution in [0.1, 0.15) is 13.8 Å². The molecule has 4 heteroatoms. The summed E-state index contributed by atoms with van der Waals surface area (Å²) in [5.41, 5.74) is 0. The number of hydrogen-bond acceptors (Lipinski definition) is 1. The molecule has 0 saturated heterocycles. The molecule has 0 aliphatic carbocycles. The Morgan fingerprint density at radius 1 is 1.55 bits per heavy atom. The van der Waals surface area contributed by atoms with Crippen LogP contribution in [0, 0.1) is 5.82 Å². The van der Waals surface area contributed by atoms with E-state index in [1.54, 1.807) is 0 Å². The third kappa shape index (κ3) is 3.18. The van der Waals surface area contributed by atoms with Gasteiger partial charge >= 0.3 is 5.15 Å². The van der Waals surface area contributed by atoms with Crippen molar-refractivity contribution in [2.75, 3.05) is 0 Å². The lowest BCUT2D eigenvalue weighted by atomic mass is 10.5. The van der Waals surface area contributed by atoms with Crippen LogP contribution in [0.3, 0.4) is 0 Å². The van der Waals surface area contributed by atoms with E-state index >= 15 is 0 Å². The Morgan fingerprint density at radius 2 is 2.09 bits per heavy atom. The Labute approximate surface area is 69.8 Å². The Hall–Kier alpha value is -0.830. The van der Waals surface area contributed by atoms with Gasteiger partial charge < -0.3 is 0 Å². The zero-order chi connectivity index (χ0) is 8.85. The summed E-state index contributed by atoms with van der Waals surface area (Å²) in [6.07, 6.45) is 1.12. The molecule has 0 spiro atoms. The van der Waals surface area contributed by atoms with Gasteiger partial charge in [-0.1, -0.05) is 13.8 Å². The molecule has 0 bridgehead atoms. The van der Waals surface area contributed by atoms with Gasteiger partial charge in [0.15, 0.2) is 0 Å². The van der Waals surface area contributed by atoms with Crippen LogP contribution < -0.4 is 4.73 Å². The molecule has 1 heterocycles. The van der Waals surface area contributed by atoms with Crippen molar-refractivity contribution >= 4 is 11.6 Å². The highest BCUT2D eigenvalue weighted by molar-refractivity contribution is 6.28. The van der Waals surface area contributed by atoms with Gasteiger partial charge in [0.05, 0.1) is 6.07 Å². The number of hydrogen-bond donors (Lipinski definition) is 1. The largest absolute Gasteiger partial charge is 0.327 e. The fourth-order valence-electron chi connectivity index (χ4n) is 0.441. The highest BCUT2D eigenvalue weighted by Gasteiger charge is 2.05. The standard InChI is InChI=1S/C5H4ClFNO.C2H6/c6-5-3-4(7)1-2-8(5)9;1-2/h1-3,9H;1-2H3/q+1;. The molecule has 0 aliphatic rings. The van der Waals surface area contributed by atoms with Crippen molar-refractivity contribution in [2.24, 2.45) is 0 Å². The predicted octanol–water partition coefficient (Wildman–Crippen LogP) is 2.03. The van der Waals surface area contributed by atoms with E-state index in [0.29, 0.717) is 4.73 Å². The van der Waals surface area contributed by atoms with Crippen LogP contribution in [-0.4, -0.2) is 5.21 Å². The van der Waals surface area contributed by atoms with Crippen LogP contribution in [0.15, 0.2) is 18.3 Å². The molecule has 0 unspecified atom stereocenters. The van der Waals surface area contributed by atoms with Gasteiger partial charge in [0.2, 0.25) is 6.20 Å². The molecule has 0 saturated carbocycles. The zero-order valence-electron chi connectivity index (χ0n) is 6.38. The van der Waals surface area contributed by atoms with Gasteiger partial charge in [0, 0.05) is 10.8 Å². The molecule has 2 nitrogen and oxygen atoms in total. The van der Waals surface area contributed by atoms with Crippen LogP contribution in [-0.2, 0) is 0 Å².